The van der Waals surface area contributed by atoms with Gasteiger partial charge in [-0.1, -0.05) is 35.5 Å². The molecular weight excluding hydrogens is 368 g/mol. The Morgan fingerprint density at radius 2 is 1.48 bits per heavy atom. The number of nitrogens with zero attached hydrogens (tertiary/aromatic N) is 4. The van der Waals surface area contributed by atoms with Crippen LogP contribution in [0.1, 0.15) is 0 Å². The van der Waals surface area contributed by atoms with Gasteiger partial charge in [0.25, 0.3) is 0 Å². The first-order chi connectivity index (χ1) is 14.2. The molecule has 0 aliphatic rings. The van der Waals surface area contributed by atoms with Crippen LogP contribution in [0, 0.1) is 0 Å². The van der Waals surface area contributed by atoms with Crippen molar-refractivity contribution in [2.45, 2.75) is 0 Å². The second kappa shape index (κ2) is 8.02. The molecule has 0 spiro atoms. The smallest absolute Gasteiger partial charge is 0.203 e. The second-order valence-corrected chi connectivity index (χ2v) is 6.21. The highest BCUT2D eigenvalue weighted by atomic mass is 16.5. The fourth-order valence-electron chi connectivity index (χ4n) is 3.16. The molecule has 2 aromatic carbocycles. The van der Waals surface area contributed by atoms with E-state index in [-0.39, 0.29) is 0 Å². The quantitative estimate of drug-likeness (QED) is 0.497. The number of hydrogen-bond acceptors (Lipinski definition) is 6. The van der Waals surface area contributed by atoms with Crippen molar-refractivity contribution in [1.82, 2.24) is 20.0 Å². The molecule has 146 valence electrons. The lowest BCUT2D eigenvalue weighted by Crippen LogP contribution is -2.02. The predicted octanol–water partition coefficient (Wildman–Crippen LogP) is 4.02. The maximum atomic E-state index is 5.45. The summed E-state index contributed by atoms with van der Waals surface area (Å²) < 4.78 is 18.0. The van der Waals surface area contributed by atoms with Crippen molar-refractivity contribution in [2.75, 3.05) is 21.3 Å². The van der Waals surface area contributed by atoms with E-state index in [0.717, 1.165) is 28.2 Å². The van der Waals surface area contributed by atoms with Gasteiger partial charge >= 0.3 is 0 Å². The number of benzene rings is 2. The first-order valence-corrected chi connectivity index (χ1v) is 8.98. The van der Waals surface area contributed by atoms with Crippen molar-refractivity contribution in [2.24, 2.45) is 0 Å². The minimum Gasteiger partial charge on any atom is -0.493 e. The third-order valence-corrected chi connectivity index (χ3v) is 4.58. The van der Waals surface area contributed by atoms with E-state index in [1.807, 2.05) is 54.6 Å². The van der Waals surface area contributed by atoms with E-state index >= 15 is 0 Å². The third-order valence-electron chi connectivity index (χ3n) is 4.58. The van der Waals surface area contributed by atoms with Gasteiger partial charge in [0.15, 0.2) is 11.5 Å². The molecule has 0 N–H and O–H groups in total. The van der Waals surface area contributed by atoms with Gasteiger partial charge in [-0.2, -0.15) is 0 Å². The lowest BCUT2D eigenvalue weighted by molar-refractivity contribution is 0.324. The van der Waals surface area contributed by atoms with Crippen LogP contribution in [0.2, 0.25) is 0 Å². The minimum absolute atomic E-state index is 0.528. The van der Waals surface area contributed by atoms with Crippen molar-refractivity contribution in [3.05, 3.63) is 67.0 Å². The highest BCUT2D eigenvalue weighted by Gasteiger charge is 2.17. The molecule has 2 heterocycles. The SMILES string of the molecule is COc1cc(-n2nncc2-c2ccc(-c3ccccn3)cc2)cc(OC)c1OC. The van der Waals surface area contributed by atoms with E-state index in [0.29, 0.717) is 17.2 Å². The Morgan fingerprint density at radius 1 is 0.793 bits per heavy atom. The number of pyridine rings is 1. The summed E-state index contributed by atoms with van der Waals surface area (Å²) in [6.07, 6.45) is 3.51. The maximum absolute atomic E-state index is 5.45. The largest absolute Gasteiger partial charge is 0.493 e. The molecule has 4 rings (SSSR count). The van der Waals surface area contributed by atoms with E-state index in [1.165, 1.54) is 0 Å². The van der Waals surface area contributed by atoms with Crippen LogP contribution in [0.15, 0.2) is 67.0 Å². The zero-order chi connectivity index (χ0) is 20.2. The van der Waals surface area contributed by atoms with E-state index in [4.69, 9.17) is 14.2 Å². The Labute approximate surface area is 168 Å². The van der Waals surface area contributed by atoms with Crippen molar-refractivity contribution < 1.29 is 14.2 Å². The summed E-state index contributed by atoms with van der Waals surface area (Å²) >= 11 is 0. The first kappa shape index (κ1) is 18.5. The van der Waals surface area contributed by atoms with Gasteiger partial charge in [-0.25, -0.2) is 4.68 Å². The van der Waals surface area contributed by atoms with Crippen molar-refractivity contribution in [3.8, 4) is 45.5 Å². The average Bonchev–Trinajstić information content (AvgIpc) is 3.28. The van der Waals surface area contributed by atoms with Crippen molar-refractivity contribution in [1.29, 1.82) is 0 Å². The standard InChI is InChI=1S/C22H20N4O3/c1-27-20-12-17(13-21(28-2)22(20)29-3)26-19(14-24-25-26)16-9-7-15(8-10-16)18-6-4-5-11-23-18/h4-14H,1-3H3. The van der Waals surface area contributed by atoms with Crippen LogP contribution < -0.4 is 14.2 Å². The highest BCUT2D eigenvalue weighted by molar-refractivity contribution is 5.68. The van der Waals surface area contributed by atoms with Gasteiger partial charge in [0.2, 0.25) is 5.75 Å². The molecule has 0 saturated heterocycles. The van der Waals surface area contributed by atoms with Crippen LogP contribution in [0.5, 0.6) is 17.2 Å². The van der Waals surface area contributed by atoms with Gasteiger partial charge in [-0.3, -0.25) is 4.98 Å². The summed E-state index contributed by atoms with van der Waals surface area (Å²) in [6.45, 7) is 0. The number of rotatable bonds is 6. The molecule has 0 aliphatic heterocycles. The van der Waals surface area contributed by atoms with Crippen molar-refractivity contribution >= 4 is 0 Å². The fourth-order valence-corrected chi connectivity index (χ4v) is 3.16. The summed E-state index contributed by atoms with van der Waals surface area (Å²) in [6, 6.07) is 17.6. The number of ether oxygens (including phenoxy) is 3. The molecular formula is C22H20N4O3. The summed E-state index contributed by atoms with van der Waals surface area (Å²) in [5.41, 5.74) is 4.53. The summed E-state index contributed by atoms with van der Waals surface area (Å²) in [4.78, 5) is 4.39. The van der Waals surface area contributed by atoms with Gasteiger partial charge in [-0.05, 0) is 12.1 Å². The Hall–Kier alpha value is -3.87. The Kier molecular flexibility index (Phi) is 5.11. The van der Waals surface area contributed by atoms with Crippen molar-refractivity contribution in [3.63, 3.8) is 0 Å². The minimum atomic E-state index is 0.528. The molecule has 2 aromatic heterocycles. The third kappa shape index (κ3) is 3.50. The van der Waals surface area contributed by atoms with E-state index in [9.17, 15) is 0 Å². The molecule has 7 nitrogen and oxygen atoms in total. The van der Waals surface area contributed by atoms with Crippen LogP contribution >= 0.6 is 0 Å². The predicted molar refractivity (Wildman–Crippen MR) is 110 cm³/mol. The monoisotopic (exact) mass is 388 g/mol. The molecule has 0 fully saturated rings. The van der Waals surface area contributed by atoms with Crippen LogP contribution in [0.4, 0.5) is 0 Å². The Balaban J connectivity index is 1.74. The average molecular weight is 388 g/mol. The van der Waals surface area contributed by atoms with Crippen LogP contribution in [0.3, 0.4) is 0 Å². The number of methoxy groups -OCH3 is 3. The topological polar surface area (TPSA) is 71.3 Å². The zero-order valence-corrected chi connectivity index (χ0v) is 16.4. The number of aromatic nitrogens is 4. The molecule has 0 amide bonds. The Bertz CT molecular complexity index is 1080. The lowest BCUT2D eigenvalue weighted by Gasteiger charge is -2.15. The van der Waals surface area contributed by atoms with Gasteiger partial charge in [0.1, 0.15) is 0 Å². The maximum Gasteiger partial charge on any atom is 0.203 e. The summed E-state index contributed by atoms with van der Waals surface area (Å²) in [5, 5.41) is 8.35. The molecule has 0 bridgehead atoms. The molecule has 7 heteroatoms. The van der Waals surface area contributed by atoms with Gasteiger partial charge in [-0.15, -0.1) is 5.10 Å². The second-order valence-electron chi connectivity index (χ2n) is 6.21. The molecule has 29 heavy (non-hydrogen) atoms. The van der Waals surface area contributed by atoms with Gasteiger partial charge in [0, 0.05) is 29.5 Å². The normalized spacial score (nSPS) is 10.6. The van der Waals surface area contributed by atoms with Gasteiger partial charge < -0.3 is 14.2 Å². The van der Waals surface area contributed by atoms with E-state index < -0.39 is 0 Å². The molecule has 0 radical (unpaired) electrons. The number of hydrogen-bond donors (Lipinski definition) is 0. The Morgan fingerprint density at radius 3 is 2.07 bits per heavy atom. The molecule has 0 aliphatic carbocycles. The molecule has 4 aromatic rings. The summed E-state index contributed by atoms with van der Waals surface area (Å²) in [5.74, 6) is 1.63. The van der Waals surface area contributed by atoms with E-state index in [1.54, 1.807) is 38.4 Å². The zero-order valence-electron chi connectivity index (χ0n) is 16.4. The van der Waals surface area contributed by atoms with E-state index in [2.05, 4.69) is 15.3 Å². The molecule has 0 saturated carbocycles. The molecule has 0 atom stereocenters. The molecule has 0 unspecified atom stereocenters. The van der Waals surface area contributed by atoms with Crippen LogP contribution in [-0.2, 0) is 0 Å². The van der Waals surface area contributed by atoms with Crippen LogP contribution in [0.25, 0.3) is 28.2 Å². The fraction of sp³-hybridized carbons (Fsp3) is 0.136. The summed E-state index contributed by atoms with van der Waals surface area (Å²) in [7, 11) is 4.74. The first-order valence-electron chi connectivity index (χ1n) is 8.98. The lowest BCUT2D eigenvalue weighted by atomic mass is 10.1. The van der Waals surface area contributed by atoms with Crippen LogP contribution in [-0.4, -0.2) is 41.3 Å². The van der Waals surface area contributed by atoms with Gasteiger partial charge in [0.05, 0.1) is 44.6 Å². The highest BCUT2D eigenvalue weighted by Crippen LogP contribution is 2.39.